The van der Waals surface area contributed by atoms with Gasteiger partial charge in [0.15, 0.2) is 5.76 Å². The number of carbonyl (C=O) groups is 1. The first kappa shape index (κ1) is 16.1. The summed E-state index contributed by atoms with van der Waals surface area (Å²) >= 11 is 0. The van der Waals surface area contributed by atoms with Crippen LogP contribution in [0.1, 0.15) is 68.7 Å². The van der Waals surface area contributed by atoms with E-state index >= 15 is 0 Å². The maximum Gasteiger partial charge on any atom is 0.220 e. The van der Waals surface area contributed by atoms with Gasteiger partial charge in [-0.1, -0.05) is 24.4 Å². The first-order chi connectivity index (χ1) is 11.7. The van der Waals surface area contributed by atoms with Crippen LogP contribution in [0, 0.1) is 11.8 Å². The van der Waals surface area contributed by atoms with Gasteiger partial charge in [0, 0.05) is 31.0 Å². The maximum absolute atomic E-state index is 11.6. The molecular formula is C19H29N3O2. The van der Waals surface area contributed by atoms with E-state index in [1.54, 1.807) is 0 Å². The molecule has 1 aromatic heterocycles. The summed E-state index contributed by atoms with van der Waals surface area (Å²) in [4.78, 5) is 14.0. The minimum Gasteiger partial charge on any atom is -0.360 e. The third kappa shape index (κ3) is 3.37. The Kier molecular flexibility index (Phi) is 4.61. The second kappa shape index (κ2) is 6.87. The summed E-state index contributed by atoms with van der Waals surface area (Å²) in [6.45, 7) is 1.69. The standard InChI is InChI=1S/C19H29N3O2/c1-22(16-7-14-9-19(23)20-11-15(14)8-16)12-17-10-18(21-24-17)13-5-3-2-4-6-13/h10,13-16H,2-9,11-12H2,1H3,(H,20,23)/t14-,15+,16-/m0/s1. The summed E-state index contributed by atoms with van der Waals surface area (Å²) < 4.78 is 5.63. The highest BCUT2D eigenvalue weighted by Crippen LogP contribution is 2.38. The van der Waals surface area contributed by atoms with Crippen molar-refractivity contribution < 1.29 is 9.32 Å². The van der Waals surface area contributed by atoms with Crippen LogP contribution in [0.2, 0.25) is 0 Å². The van der Waals surface area contributed by atoms with Crippen LogP contribution in [0.4, 0.5) is 0 Å². The van der Waals surface area contributed by atoms with E-state index in [0.29, 0.717) is 30.2 Å². The quantitative estimate of drug-likeness (QED) is 0.921. The molecule has 1 N–H and O–H groups in total. The second-order valence-corrected chi connectivity index (χ2v) is 8.12. The minimum absolute atomic E-state index is 0.229. The lowest BCUT2D eigenvalue weighted by Gasteiger charge is -2.24. The summed E-state index contributed by atoms with van der Waals surface area (Å²) in [6, 6.07) is 2.73. The van der Waals surface area contributed by atoms with E-state index in [-0.39, 0.29) is 5.91 Å². The van der Waals surface area contributed by atoms with Gasteiger partial charge in [0.2, 0.25) is 5.91 Å². The highest BCUT2D eigenvalue weighted by molar-refractivity contribution is 5.77. The Bertz CT molecular complexity index is 579. The van der Waals surface area contributed by atoms with Crippen LogP contribution in [-0.2, 0) is 11.3 Å². The fourth-order valence-electron chi connectivity index (χ4n) is 4.96. The predicted molar refractivity (Wildman–Crippen MR) is 91.4 cm³/mol. The molecule has 5 nitrogen and oxygen atoms in total. The molecule has 24 heavy (non-hydrogen) atoms. The van der Waals surface area contributed by atoms with E-state index in [0.717, 1.165) is 31.0 Å². The molecule has 5 heteroatoms. The van der Waals surface area contributed by atoms with Crippen LogP contribution >= 0.6 is 0 Å². The Morgan fingerprint density at radius 1 is 1.25 bits per heavy atom. The number of fused-ring (bicyclic) bond motifs is 1. The first-order valence-electron chi connectivity index (χ1n) is 9.61. The fraction of sp³-hybridized carbons (Fsp3) is 0.789. The molecule has 0 radical (unpaired) electrons. The number of hydrogen-bond donors (Lipinski definition) is 1. The molecule has 1 saturated heterocycles. The lowest BCUT2D eigenvalue weighted by atomic mass is 9.87. The van der Waals surface area contributed by atoms with Gasteiger partial charge in [0.05, 0.1) is 12.2 Å². The molecule has 132 valence electrons. The first-order valence-corrected chi connectivity index (χ1v) is 9.61. The van der Waals surface area contributed by atoms with Gasteiger partial charge in [-0.05, 0) is 44.6 Å². The van der Waals surface area contributed by atoms with E-state index in [1.807, 2.05) is 0 Å². The van der Waals surface area contributed by atoms with E-state index in [9.17, 15) is 4.79 Å². The van der Waals surface area contributed by atoms with Crippen LogP contribution in [0.5, 0.6) is 0 Å². The van der Waals surface area contributed by atoms with Crippen molar-refractivity contribution in [3.05, 3.63) is 17.5 Å². The van der Waals surface area contributed by atoms with Crippen LogP contribution in [0.15, 0.2) is 10.6 Å². The number of rotatable bonds is 4. The zero-order chi connectivity index (χ0) is 16.5. The monoisotopic (exact) mass is 331 g/mol. The van der Waals surface area contributed by atoms with Gasteiger partial charge in [-0.15, -0.1) is 0 Å². The van der Waals surface area contributed by atoms with Gasteiger partial charge in [0.25, 0.3) is 0 Å². The Hall–Kier alpha value is -1.36. The number of hydrogen-bond acceptors (Lipinski definition) is 4. The summed E-state index contributed by atoms with van der Waals surface area (Å²) in [5, 5.41) is 7.36. The molecule has 1 aromatic rings. The predicted octanol–water partition coefficient (Wildman–Crippen LogP) is 3.07. The van der Waals surface area contributed by atoms with Crippen molar-refractivity contribution in [2.75, 3.05) is 13.6 Å². The summed E-state index contributed by atoms with van der Waals surface area (Å²) in [5.41, 5.74) is 1.16. The van der Waals surface area contributed by atoms with Crippen molar-refractivity contribution in [2.24, 2.45) is 11.8 Å². The zero-order valence-corrected chi connectivity index (χ0v) is 14.7. The molecular weight excluding hydrogens is 302 g/mol. The number of nitrogens with one attached hydrogen (secondary N) is 1. The zero-order valence-electron chi connectivity index (χ0n) is 14.7. The molecule has 2 aliphatic carbocycles. The normalized spacial score (nSPS) is 31.2. The van der Waals surface area contributed by atoms with Crippen molar-refractivity contribution in [3.63, 3.8) is 0 Å². The highest BCUT2D eigenvalue weighted by atomic mass is 16.5. The van der Waals surface area contributed by atoms with Crippen molar-refractivity contribution in [3.8, 4) is 0 Å². The van der Waals surface area contributed by atoms with Crippen molar-refractivity contribution in [1.29, 1.82) is 0 Å². The molecule has 1 amide bonds. The van der Waals surface area contributed by atoms with E-state index in [2.05, 4.69) is 28.5 Å². The molecule has 0 spiro atoms. The van der Waals surface area contributed by atoms with Crippen LogP contribution < -0.4 is 5.32 Å². The molecule has 4 rings (SSSR count). The maximum atomic E-state index is 11.6. The molecule has 2 heterocycles. The van der Waals surface area contributed by atoms with Crippen LogP contribution in [0.3, 0.4) is 0 Å². The van der Waals surface area contributed by atoms with Gasteiger partial charge in [-0.25, -0.2) is 0 Å². The number of nitrogens with zero attached hydrogens (tertiary/aromatic N) is 2. The molecule has 0 bridgehead atoms. The van der Waals surface area contributed by atoms with E-state index in [1.165, 1.54) is 38.5 Å². The van der Waals surface area contributed by atoms with Crippen LogP contribution in [0.25, 0.3) is 0 Å². The molecule has 3 atom stereocenters. The molecule has 0 aromatic carbocycles. The van der Waals surface area contributed by atoms with Crippen molar-refractivity contribution in [1.82, 2.24) is 15.4 Å². The Morgan fingerprint density at radius 2 is 2.04 bits per heavy atom. The minimum atomic E-state index is 0.229. The molecule has 2 saturated carbocycles. The fourth-order valence-corrected chi connectivity index (χ4v) is 4.96. The highest BCUT2D eigenvalue weighted by Gasteiger charge is 2.39. The number of aromatic nitrogens is 1. The van der Waals surface area contributed by atoms with Crippen LogP contribution in [-0.4, -0.2) is 35.6 Å². The third-order valence-electron chi connectivity index (χ3n) is 6.45. The SMILES string of the molecule is CN(Cc1cc(C2CCCCC2)no1)[C@H]1C[C@H]2CC(=O)NC[C@H]2C1. The van der Waals surface area contributed by atoms with Crippen molar-refractivity contribution in [2.45, 2.75) is 69.9 Å². The summed E-state index contributed by atoms with van der Waals surface area (Å²) in [6.07, 6.45) is 9.57. The Morgan fingerprint density at radius 3 is 2.88 bits per heavy atom. The average molecular weight is 331 g/mol. The second-order valence-electron chi connectivity index (χ2n) is 8.12. The van der Waals surface area contributed by atoms with Gasteiger partial charge < -0.3 is 9.84 Å². The molecule has 1 aliphatic heterocycles. The van der Waals surface area contributed by atoms with Gasteiger partial charge in [0.1, 0.15) is 0 Å². The number of piperidine rings is 1. The molecule has 3 aliphatic rings. The van der Waals surface area contributed by atoms with E-state index < -0.39 is 0 Å². The molecule has 0 unspecified atom stereocenters. The number of amides is 1. The van der Waals surface area contributed by atoms with E-state index in [4.69, 9.17) is 4.52 Å². The largest absolute Gasteiger partial charge is 0.360 e. The topological polar surface area (TPSA) is 58.4 Å². The smallest absolute Gasteiger partial charge is 0.220 e. The Balaban J connectivity index is 1.34. The average Bonchev–Trinajstić information content (AvgIpc) is 3.22. The lowest BCUT2D eigenvalue weighted by molar-refractivity contribution is -0.124. The third-order valence-corrected chi connectivity index (χ3v) is 6.45. The van der Waals surface area contributed by atoms with Gasteiger partial charge in [-0.2, -0.15) is 0 Å². The summed E-state index contributed by atoms with van der Waals surface area (Å²) in [7, 11) is 2.18. The Labute approximate surface area is 144 Å². The number of carbonyl (C=O) groups excluding carboxylic acids is 1. The van der Waals surface area contributed by atoms with Gasteiger partial charge in [-0.3, -0.25) is 9.69 Å². The lowest BCUT2D eigenvalue weighted by Crippen LogP contribution is -2.38. The molecule has 3 fully saturated rings. The van der Waals surface area contributed by atoms with Crippen molar-refractivity contribution >= 4 is 5.91 Å². The van der Waals surface area contributed by atoms with Gasteiger partial charge >= 0.3 is 0 Å². The summed E-state index contributed by atoms with van der Waals surface area (Å²) in [5.74, 6) is 3.04.